The minimum absolute atomic E-state index is 0.761. The second kappa shape index (κ2) is 5.15. The van der Waals surface area contributed by atoms with Crippen molar-refractivity contribution in [2.75, 3.05) is 11.9 Å². The van der Waals surface area contributed by atoms with Gasteiger partial charge in [0.2, 0.25) is 0 Å². The quantitative estimate of drug-likeness (QED) is 0.774. The predicted molar refractivity (Wildman–Crippen MR) is 82.0 cm³/mol. The summed E-state index contributed by atoms with van der Waals surface area (Å²) in [5, 5.41) is 14.0. The molecule has 1 aromatic carbocycles. The molecule has 0 atom stereocenters. The van der Waals surface area contributed by atoms with E-state index in [1.807, 2.05) is 31.2 Å². The molecule has 0 saturated carbocycles. The van der Waals surface area contributed by atoms with Crippen LogP contribution in [0.4, 0.5) is 5.82 Å². The van der Waals surface area contributed by atoms with E-state index >= 15 is 0 Å². The number of nitrogens with one attached hydrogen (secondary N) is 1. The highest BCUT2D eigenvalue weighted by atomic mass is 35.5. The number of hydrogen-bond donors (Lipinski definition) is 1. The van der Waals surface area contributed by atoms with Crippen molar-refractivity contribution < 1.29 is 0 Å². The molecule has 0 fully saturated rings. The van der Waals surface area contributed by atoms with Crippen LogP contribution in [0.5, 0.6) is 0 Å². The molecule has 5 heteroatoms. The van der Waals surface area contributed by atoms with E-state index in [1.54, 1.807) is 0 Å². The average Bonchev–Trinajstić information content (AvgIpc) is 2.86. The SMILES string of the molecule is CCNc1nnc(-c2ccc(Cl)s2)c2ccccc12. The Kier molecular flexibility index (Phi) is 3.36. The number of thiophene rings is 1. The molecule has 3 aromatic rings. The van der Waals surface area contributed by atoms with Crippen molar-refractivity contribution in [1.82, 2.24) is 10.2 Å². The maximum atomic E-state index is 6.00. The zero-order valence-corrected chi connectivity index (χ0v) is 11.9. The second-order valence-corrected chi connectivity index (χ2v) is 5.79. The van der Waals surface area contributed by atoms with E-state index < -0.39 is 0 Å². The molecule has 96 valence electrons. The summed E-state index contributed by atoms with van der Waals surface area (Å²) < 4.78 is 0.761. The van der Waals surface area contributed by atoms with Crippen LogP contribution in [-0.2, 0) is 0 Å². The summed E-state index contributed by atoms with van der Waals surface area (Å²) >= 11 is 7.52. The average molecular weight is 290 g/mol. The van der Waals surface area contributed by atoms with E-state index in [2.05, 4.69) is 27.6 Å². The van der Waals surface area contributed by atoms with Gasteiger partial charge < -0.3 is 5.32 Å². The van der Waals surface area contributed by atoms with Crippen molar-refractivity contribution >= 4 is 39.5 Å². The van der Waals surface area contributed by atoms with Crippen LogP contribution < -0.4 is 5.32 Å². The van der Waals surface area contributed by atoms with Crippen molar-refractivity contribution in [2.24, 2.45) is 0 Å². The summed E-state index contributed by atoms with van der Waals surface area (Å²) in [6, 6.07) is 12.0. The van der Waals surface area contributed by atoms with Crippen LogP contribution in [0.25, 0.3) is 21.3 Å². The number of benzene rings is 1. The van der Waals surface area contributed by atoms with Crippen LogP contribution in [0.2, 0.25) is 4.34 Å². The fourth-order valence-corrected chi connectivity index (χ4v) is 3.07. The molecule has 0 aliphatic carbocycles. The van der Waals surface area contributed by atoms with Gasteiger partial charge in [0.25, 0.3) is 0 Å². The van der Waals surface area contributed by atoms with Gasteiger partial charge in [-0.15, -0.1) is 21.5 Å². The van der Waals surface area contributed by atoms with Crippen molar-refractivity contribution in [2.45, 2.75) is 6.92 Å². The van der Waals surface area contributed by atoms with Crippen LogP contribution in [0, 0.1) is 0 Å². The van der Waals surface area contributed by atoms with Gasteiger partial charge in [-0.2, -0.15) is 0 Å². The highest BCUT2D eigenvalue weighted by Gasteiger charge is 2.11. The molecule has 0 radical (unpaired) electrons. The number of anilines is 1. The molecule has 0 bridgehead atoms. The minimum Gasteiger partial charge on any atom is -0.368 e. The Balaban J connectivity index is 2.24. The zero-order chi connectivity index (χ0) is 13.2. The maximum absolute atomic E-state index is 6.00. The van der Waals surface area contributed by atoms with Crippen molar-refractivity contribution in [3.05, 3.63) is 40.7 Å². The van der Waals surface area contributed by atoms with Gasteiger partial charge in [0.1, 0.15) is 5.69 Å². The van der Waals surface area contributed by atoms with Gasteiger partial charge in [-0.25, -0.2) is 0 Å². The van der Waals surface area contributed by atoms with E-state index in [9.17, 15) is 0 Å². The molecule has 19 heavy (non-hydrogen) atoms. The van der Waals surface area contributed by atoms with Gasteiger partial charge in [-0.1, -0.05) is 35.9 Å². The topological polar surface area (TPSA) is 37.8 Å². The Labute approximate surface area is 120 Å². The number of fused-ring (bicyclic) bond motifs is 1. The van der Waals surface area contributed by atoms with Crippen LogP contribution in [0.1, 0.15) is 6.92 Å². The third-order valence-electron chi connectivity index (χ3n) is 2.84. The normalized spacial score (nSPS) is 10.8. The molecular weight excluding hydrogens is 278 g/mol. The molecular formula is C14H12ClN3S. The number of aromatic nitrogens is 2. The summed E-state index contributed by atoms with van der Waals surface area (Å²) in [4.78, 5) is 1.04. The van der Waals surface area contributed by atoms with Crippen molar-refractivity contribution in [3.8, 4) is 10.6 Å². The first-order chi connectivity index (χ1) is 9.29. The van der Waals surface area contributed by atoms with Crippen molar-refractivity contribution in [3.63, 3.8) is 0 Å². The maximum Gasteiger partial charge on any atom is 0.156 e. The highest BCUT2D eigenvalue weighted by molar-refractivity contribution is 7.19. The van der Waals surface area contributed by atoms with E-state index in [1.165, 1.54) is 11.3 Å². The molecule has 0 saturated heterocycles. The zero-order valence-electron chi connectivity index (χ0n) is 10.4. The lowest BCUT2D eigenvalue weighted by atomic mass is 10.1. The van der Waals surface area contributed by atoms with E-state index in [0.29, 0.717) is 0 Å². The first-order valence-electron chi connectivity index (χ1n) is 6.04. The van der Waals surface area contributed by atoms with E-state index in [4.69, 9.17) is 11.6 Å². The molecule has 1 N–H and O–H groups in total. The van der Waals surface area contributed by atoms with Crippen LogP contribution in [0.3, 0.4) is 0 Å². The van der Waals surface area contributed by atoms with E-state index in [-0.39, 0.29) is 0 Å². The van der Waals surface area contributed by atoms with Gasteiger partial charge in [-0.05, 0) is 19.1 Å². The number of hydrogen-bond acceptors (Lipinski definition) is 4. The monoisotopic (exact) mass is 289 g/mol. The Hall–Kier alpha value is -1.65. The molecule has 0 amide bonds. The predicted octanol–water partition coefficient (Wildman–Crippen LogP) is 4.44. The van der Waals surface area contributed by atoms with Gasteiger partial charge in [0, 0.05) is 17.3 Å². The third-order valence-corrected chi connectivity index (χ3v) is 4.08. The van der Waals surface area contributed by atoms with Crippen LogP contribution >= 0.6 is 22.9 Å². The molecule has 0 aliphatic rings. The fourth-order valence-electron chi connectivity index (χ4n) is 2.03. The number of nitrogens with zero attached hydrogens (tertiary/aromatic N) is 2. The van der Waals surface area contributed by atoms with Gasteiger partial charge in [-0.3, -0.25) is 0 Å². The Bertz CT molecular complexity index is 724. The van der Waals surface area contributed by atoms with Crippen LogP contribution in [0.15, 0.2) is 36.4 Å². The molecule has 0 aliphatic heterocycles. The van der Waals surface area contributed by atoms with E-state index in [0.717, 1.165) is 38.0 Å². The number of halogens is 1. The molecule has 2 heterocycles. The fraction of sp³-hybridized carbons (Fsp3) is 0.143. The van der Waals surface area contributed by atoms with Gasteiger partial charge in [0.15, 0.2) is 5.82 Å². The lowest BCUT2D eigenvalue weighted by Gasteiger charge is -2.08. The first-order valence-corrected chi connectivity index (χ1v) is 7.24. The lowest BCUT2D eigenvalue weighted by Crippen LogP contribution is -2.02. The highest BCUT2D eigenvalue weighted by Crippen LogP contribution is 2.35. The molecule has 2 aromatic heterocycles. The smallest absolute Gasteiger partial charge is 0.156 e. The lowest BCUT2D eigenvalue weighted by molar-refractivity contribution is 1.04. The Morgan fingerprint density at radius 2 is 1.89 bits per heavy atom. The summed E-state index contributed by atoms with van der Waals surface area (Å²) in [7, 11) is 0. The summed E-state index contributed by atoms with van der Waals surface area (Å²) in [5.41, 5.74) is 0.883. The second-order valence-electron chi connectivity index (χ2n) is 4.08. The summed E-state index contributed by atoms with van der Waals surface area (Å²) in [6.07, 6.45) is 0. The molecule has 3 rings (SSSR count). The summed E-state index contributed by atoms with van der Waals surface area (Å²) in [5.74, 6) is 0.824. The van der Waals surface area contributed by atoms with Crippen molar-refractivity contribution in [1.29, 1.82) is 0 Å². The van der Waals surface area contributed by atoms with Gasteiger partial charge >= 0.3 is 0 Å². The largest absolute Gasteiger partial charge is 0.368 e. The molecule has 0 spiro atoms. The Morgan fingerprint density at radius 1 is 1.11 bits per heavy atom. The molecule has 0 unspecified atom stereocenters. The summed E-state index contributed by atoms with van der Waals surface area (Å²) in [6.45, 7) is 2.87. The standard InChI is InChI=1S/C14H12ClN3S/c1-2-16-14-10-6-4-3-5-9(10)13(17-18-14)11-7-8-12(15)19-11/h3-8H,2H2,1H3,(H,16,18). The van der Waals surface area contributed by atoms with Gasteiger partial charge in [0.05, 0.1) is 9.21 Å². The first kappa shape index (κ1) is 12.4. The number of rotatable bonds is 3. The minimum atomic E-state index is 0.761. The third kappa shape index (κ3) is 2.29. The molecule has 3 nitrogen and oxygen atoms in total. The Morgan fingerprint density at radius 3 is 2.58 bits per heavy atom. The van der Waals surface area contributed by atoms with Crippen LogP contribution in [-0.4, -0.2) is 16.7 Å².